The van der Waals surface area contributed by atoms with E-state index in [1.165, 1.54) is 17.7 Å². The first kappa shape index (κ1) is 29.7. The van der Waals surface area contributed by atoms with Gasteiger partial charge in [-0.15, -0.1) is 0 Å². The minimum Gasteiger partial charge on any atom is -0.442 e. The lowest BCUT2D eigenvalue weighted by Gasteiger charge is -2.42. The van der Waals surface area contributed by atoms with E-state index in [2.05, 4.69) is 36.3 Å². The fourth-order valence-electron chi connectivity index (χ4n) is 5.71. The smallest absolute Gasteiger partial charge is 0.407 e. The van der Waals surface area contributed by atoms with Gasteiger partial charge in [0.05, 0.1) is 25.0 Å². The zero-order valence-electron chi connectivity index (χ0n) is 24.9. The van der Waals surface area contributed by atoms with Crippen molar-refractivity contribution >= 4 is 23.6 Å². The monoisotopic (exact) mass is 602 g/mol. The van der Waals surface area contributed by atoms with Crippen LogP contribution in [0.1, 0.15) is 73.4 Å². The minimum atomic E-state index is -0.856. The summed E-state index contributed by atoms with van der Waals surface area (Å²) in [5.41, 5.74) is 3.72. The number of nitrogens with one attached hydrogen (secondary N) is 2. The maximum atomic E-state index is 15.1. The molecule has 2 aromatic carbocycles. The maximum Gasteiger partial charge on any atom is 0.407 e. The van der Waals surface area contributed by atoms with E-state index in [1.54, 1.807) is 21.9 Å². The number of benzene rings is 2. The average Bonchev–Trinajstić information content (AvgIpc) is 3.81. The molecule has 0 aromatic heterocycles. The summed E-state index contributed by atoms with van der Waals surface area (Å²) >= 11 is 0. The van der Waals surface area contributed by atoms with Crippen LogP contribution in [0, 0.1) is 29.4 Å². The van der Waals surface area contributed by atoms with E-state index in [0.717, 1.165) is 30.5 Å². The predicted molar refractivity (Wildman–Crippen MR) is 161 cm³/mol. The lowest BCUT2D eigenvalue weighted by molar-refractivity contribution is -0.123. The molecule has 3 saturated heterocycles. The second kappa shape index (κ2) is 12.3. The van der Waals surface area contributed by atoms with Crippen LogP contribution >= 0.6 is 0 Å². The Morgan fingerprint density at radius 2 is 1.75 bits per heavy atom. The number of nitrogens with zero attached hydrogens (tertiary/aromatic N) is 2. The molecule has 3 amide bonds. The van der Waals surface area contributed by atoms with Gasteiger partial charge in [-0.05, 0) is 68.5 Å². The topological polar surface area (TPSA) is 91.0 Å². The first-order chi connectivity index (χ1) is 21.2. The highest BCUT2D eigenvalue weighted by Crippen LogP contribution is 2.39. The van der Waals surface area contributed by atoms with Gasteiger partial charge in [0.25, 0.3) is 5.91 Å². The van der Waals surface area contributed by atoms with Crippen molar-refractivity contribution in [3.63, 3.8) is 0 Å². The number of alkyl carbamates (subject to hydrolysis) is 1. The van der Waals surface area contributed by atoms with Crippen LogP contribution in [0.2, 0.25) is 0 Å². The first-order valence-electron chi connectivity index (χ1n) is 15.3. The molecule has 3 heterocycles. The van der Waals surface area contributed by atoms with Gasteiger partial charge in [-0.2, -0.15) is 0 Å². The summed E-state index contributed by atoms with van der Waals surface area (Å²) in [6.07, 6.45) is 2.94. The van der Waals surface area contributed by atoms with Crippen LogP contribution in [0.25, 0.3) is 0 Å². The van der Waals surface area contributed by atoms with Gasteiger partial charge in [0, 0.05) is 47.1 Å². The van der Waals surface area contributed by atoms with Crippen LogP contribution in [-0.4, -0.2) is 61.1 Å². The Balaban J connectivity index is 0.936. The number of anilines is 1. The molecular weight excluding hydrogens is 566 g/mol. The van der Waals surface area contributed by atoms with Crippen LogP contribution < -0.4 is 15.5 Å². The SMILES string of the molecule is CCC(C)C#Cc1ccc(C(=O)N2CC(OC(=O)NC3CN(c4cc(F)c(C5CCC(=C6CC6)NC5=O)c(F)c4)C3)C2)cc1. The Labute approximate surface area is 255 Å². The van der Waals surface area contributed by atoms with Crippen molar-refractivity contribution in [1.29, 1.82) is 0 Å². The zero-order chi connectivity index (χ0) is 31.0. The normalized spacial score (nSPS) is 20.5. The number of allylic oxidation sites excluding steroid dienone is 2. The number of carbonyl (C=O) groups is 3. The Hall–Kier alpha value is -4.39. The van der Waals surface area contributed by atoms with Crippen molar-refractivity contribution in [2.45, 2.75) is 64.0 Å². The lowest BCUT2D eigenvalue weighted by atomic mass is 9.88. The van der Waals surface area contributed by atoms with Gasteiger partial charge in [0.15, 0.2) is 0 Å². The largest absolute Gasteiger partial charge is 0.442 e. The van der Waals surface area contributed by atoms with Crippen LogP contribution in [0.3, 0.4) is 0 Å². The molecule has 6 rings (SSSR count). The van der Waals surface area contributed by atoms with Crippen molar-refractivity contribution in [2.24, 2.45) is 5.92 Å². The minimum absolute atomic E-state index is 0.128. The molecule has 10 heteroatoms. The standard InChI is InChI=1S/C34H36F2N4O4/c1-3-20(2)4-5-21-6-8-23(9-7-21)33(42)40-18-26(19-40)44-34(43)37-24-16-39(17-24)25-14-28(35)31(29(36)15-25)27-12-13-30(22-10-11-22)38-32(27)41/h6-9,14-15,20,24,26-27H,3,10-13,16-19H2,1-2H3,(H,37,43)(H,38,41). The third kappa shape index (κ3) is 6.42. The Morgan fingerprint density at radius 1 is 1.07 bits per heavy atom. The van der Waals surface area contributed by atoms with Gasteiger partial charge >= 0.3 is 6.09 Å². The van der Waals surface area contributed by atoms with Crippen LogP contribution in [-0.2, 0) is 9.53 Å². The van der Waals surface area contributed by atoms with E-state index in [9.17, 15) is 14.4 Å². The molecule has 2 N–H and O–H groups in total. The van der Waals surface area contributed by atoms with Crippen LogP contribution in [0.15, 0.2) is 47.7 Å². The fraction of sp³-hybridized carbons (Fsp3) is 0.441. The highest BCUT2D eigenvalue weighted by atomic mass is 19.1. The Bertz CT molecular complexity index is 1540. The fourth-order valence-corrected chi connectivity index (χ4v) is 5.71. The predicted octanol–water partition coefficient (Wildman–Crippen LogP) is 4.84. The summed E-state index contributed by atoms with van der Waals surface area (Å²) in [4.78, 5) is 41.1. The van der Waals surface area contributed by atoms with Crippen molar-refractivity contribution in [3.05, 3.63) is 76.0 Å². The van der Waals surface area contributed by atoms with E-state index in [0.29, 0.717) is 56.2 Å². The van der Waals surface area contributed by atoms with Gasteiger partial charge in [0.1, 0.15) is 17.7 Å². The number of hydrogen-bond donors (Lipinski definition) is 2. The molecule has 4 fully saturated rings. The summed E-state index contributed by atoms with van der Waals surface area (Å²) in [6.45, 7) is 5.50. The Kier molecular flexibility index (Phi) is 8.30. The summed E-state index contributed by atoms with van der Waals surface area (Å²) in [5.74, 6) is 3.78. The highest BCUT2D eigenvalue weighted by Gasteiger charge is 2.37. The van der Waals surface area contributed by atoms with Gasteiger partial charge in [-0.3, -0.25) is 9.59 Å². The first-order valence-corrected chi connectivity index (χ1v) is 15.3. The van der Waals surface area contributed by atoms with E-state index < -0.39 is 29.7 Å². The van der Waals surface area contributed by atoms with Crippen molar-refractivity contribution in [2.75, 3.05) is 31.1 Å². The second-order valence-electron chi connectivity index (χ2n) is 12.1. The number of piperidine rings is 1. The second-order valence-corrected chi connectivity index (χ2v) is 12.1. The molecule has 8 nitrogen and oxygen atoms in total. The molecule has 230 valence electrons. The third-order valence-corrected chi connectivity index (χ3v) is 8.80. The summed E-state index contributed by atoms with van der Waals surface area (Å²) in [5, 5.41) is 5.61. The van der Waals surface area contributed by atoms with Gasteiger partial charge in [-0.25, -0.2) is 13.6 Å². The van der Waals surface area contributed by atoms with Gasteiger partial charge in [-0.1, -0.05) is 31.3 Å². The molecule has 0 spiro atoms. The number of halogens is 2. The van der Waals surface area contributed by atoms with Crippen LogP contribution in [0.4, 0.5) is 19.3 Å². The van der Waals surface area contributed by atoms with Crippen molar-refractivity contribution in [1.82, 2.24) is 15.5 Å². The Morgan fingerprint density at radius 3 is 2.36 bits per heavy atom. The van der Waals surface area contributed by atoms with E-state index in [1.807, 2.05) is 12.1 Å². The molecule has 3 aliphatic heterocycles. The average molecular weight is 603 g/mol. The molecule has 1 saturated carbocycles. The summed E-state index contributed by atoms with van der Waals surface area (Å²) in [7, 11) is 0. The molecule has 2 atom stereocenters. The van der Waals surface area contributed by atoms with Gasteiger partial charge < -0.3 is 25.2 Å². The van der Waals surface area contributed by atoms with E-state index in [-0.39, 0.29) is 23.4 Å². The molecule has 2 unspecified atom stereocenters. The maximum absolute atomic E-state index is 15.1. The molecule has 44 heavy (non-hydrogen) atoms. The molecule has 0 radical (unpaired) electrons. The van der Waals surface area contributed by atoms with E-state index in [4.69, 9.17) is 4.74 Å². The summed E-state index contributed by atoms with van der Waals surface area (Å²) in [6, 6.07) is 9.44. The molecule has 1 aliphatic carbocycles. The van der Waals surface area contributed by atoms with Crippen molar-refractivity contribution < 1.29 is 27.9 Å². The zero-order valence-corrected chi connectivity index (χ0v) is 24.9. The molecule has 2 aromatic rings. The number of hydrogen-bond acceptors (Lipinski definition) is 5. The third-order valence-electron chi connectivity index (χ3n) is 8.80. The quantitative estimate of drug-likeness (QED) is 0.462. The highest BCUT2D eigenvalue weighted by molar-refractivity contribution is 5.95. The summed E-state index contributed by atoms with van der Waals surface area (Å²) < 4.78 is 35.6. The number of ether oxygens (including phenoxy) is 1. The lowest BCUT2D eigenvalue weighted by Crippen LogP contribution is -2.61. The van der Waals surface area contributed by atoms with E-state index >= 15 is 8.78 Å². The molecule has 0 bridgehead atoms. The van der Waals surface area contributed by atoms with Gasteiger partial charge in [0.2, 0.25) is 5.91 Å². The number of rotatable bonds is 6. The number of likely N-dealkylation sites (tertiary alicyclic amines) is 1. The van der Waals surface area contributed by atoms with Crippen molar-refractivity contribution in [3.8, 4) is 11.8 Å². The molecular formula is C34H36F2N4O4. The van der Waals surface area contributed by atoms with Crippen LogP contribution in [0.5, 0.6) is 0 Å². The number of amides is 3. The number of carbonyl (C=O) groups excluding carboxylic acids is 3. The molecule has 4 aliphatic rings.